The van der Waals surface area contributed by atoms with Crippen LogP contribution in [0.15, 0.2) is 84.6 Å². The van der Waals surface area contributed by atoms with Crippen molar-refractivity contribution in [3.8, 4) is 5.75 Å². The average molecular weight is 391 g/mol. The zero-order chi connectivity index (χ0) is 20.6. The molecule has 0 radical (unpaired) electrons. The minimum Gasteiger partial charge on any atom is -0.489 e. The zero-order valence-corrected chi connectivity index (χ0v) is 15.3. The fourth-order valence-corrected chi connectivity index (χ4v) is 2.56. The van der Waals surface area contributed by atoms with Crippen LogP contribution in [-0.2, 0) is 11.4 Å². The predicted molar refractivity (Wildman–Crippen MR) is 107 cm³/mol. The standard InChI is InChI=1S/C23H18FNO4/c24-19-8-4-5-17(13-19)15-29-20-11-9-16(10-12-20)14-21(23(27)28)25-22(26)18-6-2-1-3-7-18/h1-14H,15H2,(H,25,26)(H,27,28). The van der Waals surface area contributed by atoms with E-state index in [0.717, 1.165) is 0 Å². The Kier molecular flexibility index (Phi) is 6.37. The number of aliphatic carboxylic acids is 1. The Morgan fingerprint density at radius 2 is 1.69 bits per heavy atom. The van der Waals surface area contributed by atoms with Gasteiger partial charge < -0.3 is 15.2 Å². The largest absolute Gasteiger partial charge is 0.489 e. The molecule has 0 heterocycles. The molecule has 0 unspecified atom stereocenters. The average Bonchev–Trinajstić information content (AvgIpc) is 2.73. The molecule has 3 rings (SSSR count). The Balaban J connectivity index is 1.67. The topological polar surface area (TPSA) is 75.6 Å². The molecule has 0 aliphatic heterocycles. The number of ether oxygens (including phenoxy) is 1. The maximum absolute atomic E-state index is 13.2. The lowest BCUT2D eigenvalue weighted by Crippen LogP contribution is -2.27. The summed E-state index contributed by atoms with van der Waals surface area (Å²) in [5.74, 6) is -1.53. The van der Waals surface area contributed by atoms with E-state index in [-0.39, 0.29) is 18.1 Å². The van der Waals surface area contributed by atoms with Crippen LogP contribution in [0.4, 0.5) is 4.39 Å². The molecule has 0 saturated heterocycles. The molecule has 29 heavy (non-hydrogen) atoms. The fourth-order valence-electron chi connectivity index (χ4n) is 2.56. The van der Waals surface area contributed by atoms with E-state index in [9.17, 15) is 19.1 Å². The van der Waals surface area contributed by atoms with Gasteiger partial charge in [0.1, 0.15) is 23.9 Å². The molecular weight excluding hydrogens is 373 g/mol. The number of rotatable bonds is 7. The number of carboxylic acids is 1. The second-order valence-electron chi connectivity index (χ2n) is 6.17. The summed E-state index contributed by atoms with van der Waals surface area (Å²) in [6.45, 7) is 0.209. The van der Waals surface area contributed by atoms with Gasteiger partial charge in [-0.15, -0.1) is 0 Å². The number of carbonyl (C=O) groups is 2. The second-order valence-corrected chi connectivity index (χ2v) is 6.17. The van der Waals surface area contributed by atoms with Gasteiger partial charge in [-0.05, 0) is 53.6 Å². The summed E-state index contributed by atoms with van der Waals surface area (Å²) in [6, 6.07) is 21.1. The third-order valence-corrected chi connectivity index (χ3v) is 4.00. The molecule has 5 nitrogen and oxygen atoms in total. The number of hydrogen-bond donors (Lipinski definition) is 2. The first-order chi connectivity index (χ1) is 14.0. The van der Waals surface area contributed by atoms with Crippen LogP contribution in [0.5, 0.6) is 5.75 Å². The lowest BCUT2D eigenvalue weighted by Gasteiger charge is -2.08. The highest BCUT2D eigenvalue weighted by Gasteiger charge is 2.13. The smallest absolute Gasteiger partial charge is 0.352 e. The molecule has 0 atom stereocenters. The van der Waals surface area contributed by atoms with Crippen molar-refractivity contribution in [1.29, 1.82) is 0 Å². The summed E-state index contributed by atoms with van der Waals surface area (Å²) >= 11 is 0. The Hall–Kier alpha value is -3.93. The predicted octanol–water partition coefficient (Wildman–Crippen LogP) is 4.26. The second kappa shape index (κ2) is 9.32. The summed E-state index contributed by atoms with van der Waals surface area (Å²) in [5.41, 5.74) is 1.40. The maximum Gasteiger partial charge on any atom is 0.352 e. The molecule has 146 valence electrons. The molecule has 3 aromatic carbocycles. The van der Waals surface area contributed by atoms with Crippen LogP contribution in [0, 0.1) is 5.82 Å². The zero-order valence-electron chi connectivity index (χ0n) is 15.3. The van der Waals surface area contributed by atoms with Gasteiger partial charge >= 0.3 is 5.97 Å². The van der Waals surface area contributed by atoms with Crippen LogP contribution in [-0.4, -0.2) is 17.0 Å². The van der Waals surface area contributed by atoms with Crippen LogP contribution in [0.2, 0.25) is 0 Å². The van der Waals surface area contributed by atoms with Crippen molar-refractivity contribution in [3.05, 3.63) is 107 Å². The van der Waals surface area contributed by atoms with Crippen molar-refractivity contribution in [3.63, 3.8) is 0 Å². The lowest BCUT2D eigenvalue weighted by atomic mass is 10.1. The summed E-state index contributed by atoms with van der Waals surface area (Å²) in [4.78, 5) is 23.7. The van der Waals surface area contributed by atoms with E-state index >= 15 is 0 Å². The molecule has 0 aliphatic rings. The third-order valence-electron chi connectivity index (χ3n) is 4.00. The Bertz CT molecular complexity index is 1030. The Labute approximate surface area is 167 Å². The number of halogens is 1. The van der Waals surface area contributed by atoms with Crippen molar-refractivity contribution in [2.24, 2.45) is 0 Å². The van der Waals surface area contributed by atoms with Gasteiger partial charge in [-0.3, -0.25) is 4.79 Å². The van der Waals surface area contributed by atoms with Gasteiger partial charge in [0.2, 0.25) is 0 Å². The number of hydrogen-bond acceptors (Lipinski definition) is 3. The van der Waals surface area contributed by atoms with Crippen LogP contribution >= 0.6 is 0 Å². The molecule has 0 fully saturated rings. The molecule has 1 amide bonds. The summed E-state index contributed by atoms with van der Waals surface area (Å²) in [6.07, 6.45) is 1.36. The maximum atomic E-state index is 13.2. The molecule has 0 spiro atoms. The van der Waals surface area contributed by atoms with Crippen molar-refractivity contribution < 1.29 is 23.8 Å². The number of carboxylic acid groups (broad SMARTS) is 1. The van der Waals surface area contributed by atoms with Gasteiger partial charge in [0.25, 0.3) is 5.91 Å². The number of amides is 1. The highest BCUT2D eigenvalue weighted by Crippen LogP contribution is 2.16. The monoisotopic (exact) mass is 391 g/mol. The Morgan fingerprint density at radius 1 is 0.966 bits per heavy atom. The number of carbonyl (C=O) groups excluding carboxylic acids is 1. The first-order valence-electron chi connectivity index (χ1n) is 8.80. The number of benzene rings is 3. The summed E-state index contributed by atoms with van der Waals surface area (Å²) in [7, 11) is 0. The van der Waals surface area contributed by atoms with Crippen LogP contribution in [0.1, 0.15) is 21.5 Å². The molecular formula is C23H18FNO4. The van der Waals surface area contributed by atoms with Crippen molar-refractivity contribution in [2.75, 3.05) is 0 Å². The van der Waals surface area contributed by atoms with Crippen molar-refractivity contribution in [1.82, 2.24) is 5.32 Å². The van der Waals surface area contributed by atoms with Crippen LogP contribution in [0.3, 0.4) is 0 Å². The van der Waals surface area contributed by atoms with E-state index in [0.29, 0.717) is 22.4 Å². The van der Waals surface area contributed by atoms with E-state index in [2.05, 4.69) is 5.32 Å². The summed E-state index contributed by atoms with van der Waals surface area (Å²) in [5, 5.41) is 11.8. The van der Waals surface area contributed by atoms with E-state index in [4.69, 9.17) is 4.74 Å². The number of nitrogens with one attached hydrogen (secondary N) is 1. The SMILES string of the molecule is O=C(O)C(=Cc1ccc(OCc2cccc(F)c2)cc1)NC(=O)c1ccccc1. The molecule has 0 aromatic heterocycles. The molecule has 2 N–H and O–H groups in total. The summed E-state index contributed by atoms with van der Waals surface area (Å²) < 4.78 is 18.8. The lowest BCUT2D eigenvalue weighted by molar-refractivity contribution is -0.132. The van der Waals surface area contributed by atoms with Gasteiger partial charge in [-0.25, -0.2) is 9.18 Å². The molecule has 3 aromatic rings. The van der Waals surface area contributed by atoms with E-state index < -0.39 is 11.9 Å². The van der Waals surface area contributed by atoms with Crippen molar-refractivity contribution in [2.45, 2.75) is 6.61 Å². The van der Waals surface area contributed by atoms with Gasteiger partial charge in [0.15, 0.2) is 0 Å². The fraction of sp³-hybridized carbons (Fsp3) is 0.0435. The molecule has 0 saturated carbocycles. The van der Waals surface area contributed by atoms with E-state index in [1.54, 1.807) is 66.7 Å². The highest BCUT2D eigenvalue weighted by atomic mass is 19.1. The first kappa shape index (κ1) is 19.8. The van der Waals surface area contributed by atoms with Gasteiger partial charge in [-0.1, -0.05) is 42.5 Å². The van der Waals surface area contributed by atoms with Crippen LogP contribution < -0.4 is 10.1 Å². The third kappa shape index (κ3) is 5.77. The molecule has 0 aliphatic carbocycles. The van der Waals surface area contributed by atoms with Gasteiger partial charge in [-0.2, -0.15) is 0 Å². The minimum absolute atomic E-state index is 0.209. The van der Waals surface area contributed by atoms with E-state index in [1.165, 1.54) is 18.2 Å². The first-order valence-corrected chi connectivity index (χ1v) is 8.80. The highest BCUT2D eigenvalue weighted by molar-refractivity contribution is 6.02. The van der Waals surface area contributed by atoms with Gasteiger partial charge in [0.05, 0.1) is 0 Å². The van der Waals surface area contributed by atoms with Crippen LogP contribution in [0.25, 0.3) is 6.08 Å². The normalized spacial score (nSPS) is 11.0. The molecule has 6 heteroatoms. The minimum atomic E-state index is -1.25. The van der Waals surface area contributed by atoms with Crippen molar-refractivity contribution >= 4 is 18.0 Å². The van der Waals surface area contributed by atoms with E-state index in [1.807, 2.05) is 0 Å². The molecule has 0 bridgehead atoms. The van der Waals surface area contributed by atoms with Gasteiger partial charge in [0, 0.05) is 5.56 Å². The quantitative estimate of drug-likeness (QED) is 0.590. The Morgan fingerprint density at radius 3 is 2.34 bits per heavy atom.